The summed E-state index contributed by atoms with van der Waals surface area (Å²) in [6, 6.07) is 12.6. The van der Waals surface area contributed by atoms with E-state index in [0.29, 0.717) is 29.6 Å². The minimum Gasteiger partial charge on any atom is -0.484 e. The molecule has 3 rings (SSSR count). The number of hydrogen-bond donors (Lipinski definition) is 0. The highest BCUT2D eigenvalue weighted by Gasteiger charge is 2.18. The molecule has 138 valence electrons. The van der Waals surface area contributed by atoms with Gasteiger partial charge in [-0.1, -0.05) is 19.1 Å². The fraction of sp³-hybridized carbons (Fsp3) is 0.263. The van der Waals surface area contributed by atoms with Gasteiger partial charge in [-0.3, -0.25) is 4.79 Å². The van der Waals surface area contributed by atoms with Crippen LogP contribution >= 0.6 is 11.3 Å². The van der Waals surface area contributed by atoms with Crippen LogP contribution in [0, 0.1) is 11.3 Å². The molecule has 0 radical (unpaired) electrons. The van der Waals surface area contributed by atoms with Gasteiger partial charge in [0.25, 0.3) is 11.8 Å². The zero-order chi connectivity index (χ0) is 19.1. The quantitative estimate of drug-likeness (QED) is 0.592. The highest BCUT2D eigenvalue weighted by Crippen LogP contribution is 2.23. The molecule has 0 fully saturated rings. The van der Waals surface area contributed by atoms with Crippen LogP contribution in [-0.2, 0) is 11.3 Å². The third kappa shape index (κ3) is 4.92. The Labute approximate surface area is 160 Å². The van der Waals surface area contributed by atoms with Crippen molar-refractivity contribution < 1.29 is 13.9 Å². The van der Waals surface area contributed by atoms with Crippen LogP contribution in [0.1, 0.15) is 24.8 Å². The highest BCUT2D eigenvalue weighted by molar-refractivity contribution is 7.13. The summed E-state index contributed by atoms with van der Waals surface area (Å²) in [7, 11) is 0. The number of carbonyl (C=O) groups excluding carboxylic acids is 1. The number of ether oxygens (including phenoxy) is 1. The maximum atomic E-state index is 12.5. The number of nitrogens with zero attached hydrogens (tertiary/aromatic N) is 4. The molecule has 0 aliphatic carbocycles. The van der Waals surface area contributed by atoms with E-state index in [1.807, 2.05) is 30.5 Å². The summed E-state index contributed by atoms with van der Waals surface area (Å²) in [6.45, 7) is 2.65. The van der Waals surface area contributed by atoms with Crippen molar-refractivity contribution >= 4 is 17.2 Å². The van der Waals surface area contributed by atoms with Crippen molar-refractivity contribution in [2.24, 2.45) is 0 Å². The topological polar surface area (TPSA) is 92.2 Å². The summed E-state index contributed by atoms with van der Waals surface area (Å²) in [5.74, 6) is 1.13. The summed E-state index contributed by atoms with van der Waals surface area (Å²) in [5.41, 5.74) is 0.484. The van der Waals surface area contributed by atoms with Crippen LogP contribution in [0.15, 0.2) is 46.2 Å². The Morgan fingerprint density at radius 3 is 2.96 bits per heavy atom. The molecule has 1 aromatic carbocycles. The van der Waals surface area contributed by atoms with Crippen molar-refractivity contribution in [3.05, 3.63) is 53.2 Å². The lowest BCUT2D eigenvalue weighted by atomic mass is 10.2. The molecular weight excluding hydrogens is 364 g/mol. The van der Waals surface area contributed by atoms with Gasteiger partial charge in [-0.2, -0.15) is 5.26 Å². The minimum absolute atomic E-state index is 0.124. The second kappa shape index (κ2) is 8.96. The summed E-state index contributed by atoms with van der Waals surface area (Å²) >= 11 is 1.51. The van der Waals surface area contributed by atoms with Gasteiger partial charge < -0.3 is 14.1 Å². The fourth-order valence-corrected chi connectivity index (χ4v) is 3.08. The van der Waals surface area contributed by atoms with E-state index in [9.17, 15) is 4.79 Å². The second-order valence-electron chi connectivity index (χ2n) is 5.72. The molecule has 0 saturated carbocycles. The van der Waals surface area contributed by atoms with Gasteiger partial charge in [0, 0.05) is 6.54 Å². The average molecular weight is 382 g/mol. The van der Waals surface area contributed by atoms with Crippen LogP contribution in [0.2, 0.25) is 0 Å². The molecule has 3 aromatic rings. The van der Waals surface area contributed by atoms with E-state index in [4.69, 9.17) is 14.4 Å². The maximum absolute atomic E-state index is 12.5. The van der Waals surface area contributed by atoms with Gasteiger partial charge in [-0.25, -0.2) is 0 Å². The zero-order valence-corrected chi connectivity index (χ0v) is 15.6. The van der Waals surface area contributed by atoms with E-state index >= 15 is 0 Å². The number of thiophene rings is 1. The van der Waals surface area contributed by atoms with Gasteiger partial charge in [0.15, 0.2) is 6.61 Å². The van der Waals surface area contributed by atoms with Gasteiger partial charge in [0.2, 0.25) is 5.89 Å². The first-order valence-electron chi connectivity index (χ1n) is 8.46. The first-order valence-corrected chi connectivity index (χ1v) is 9.34. The van der Waals surface area contributed by atoms with Crippen molar-refractivity contribution in [1.29, 1.82) is 5.26 Å². The molecule has 0 spiro atoms. The largest absolute Gasteiger partial charge is 0.484 e. The lowest BCUT2D eigenvalue weighted by Gasteiger charge is -2.20. The number of rotatable bonds is 8. The van der Waals surface area contributed by atoms with Gasteiger partial charge >= 0.3 is 0 Å². The number of carbonyl (C=O) groups is 1. The molecule has 0 bridgehead atoms. The molecule has 0 N–H and O–H groups in total. The van der Waals surface area contributed by atoms with Crippen LogP contribution in [-0.4, -0.2) is 34.2 Å². The number of benzene rings is 1. The summed E-state index contributed by atoms with van der Waals surface area (Å²) in [5, 5.41) is 18.9. The predicted octanol–water partition coefficient (Wildman–Crippen LogP) is 3.49. The first-order chi connectivity index (χ1) is 13.2. The van der Waals surface area contributed by atoms with Crippen molar-refractivity contribution in [3.8, 4) is 22.6 Å². The summed E-state index contributed by atoms with van der Waals surface area (Å²) in [4.78, 5) is 15.1. The van der Waals surface area contributed by atoms with E-state index in [1.165, 1.54) is 11.3 Å². The highest BCUT2D eigenvalue weighted by atomic mass is 32.1. The molecule has 27 heavy (non-hydrogen) atoms. The monoisotopic (exact) mass is 382 g/mol. The Bertz CT molecular complexity index is 931. The van der Waals surface area contributed by atoms with Crippen LogP contribution in [0.4, 0.5) is 0 Å². The van der Waals surface area contributed by atoms with E-state index in [2.05, 4.69) is 10.2 Å². The van der Waals surface area contributed by atoms with Crippen LogP contribution < -0.4 is 4.74 Å². The first kappa shape index (κ1) is 18.6. The van der Waals surface area contributed by atoms with Gasteiger partial charge in [-0.05, 0) is 36.1 Å². The second-order valence-corrected chi connectivity index (χ2v) is 6.67. The molecule has 2 aromatic heterocycles. The maximum Gasteiger partial charge on any atom is 0.260 e. The van der Waals surface area contributed by atoms with Crippen molar-refractivity contribution in [2.75, 3.05) is 13.2 Å². The van der Waals surface area contributed by atoms with Gasteiger partial charge in [0.05, 0.1) is 23.1 Å². The smallest absolute Gasteiger partial charge is 0.260 e. The van der Waals surface area contributed by atoms with Crippen molar-refractivity contribution in [2.45, 2.75) is 19.9 Å². The molecule has 0 unspecified atom stereocenters. The van der Waals surface area contributed by atoms with Crippen LogP contribution in [0.5, 0.6) is 5.75 Å². The molecule has 2 heterocycles. The molecule has 0 atom stereocenters. The lowest BCUT2D eigenvalue weighted by Crippen LogP contribution is -2.35. The van der Waals surface area contributed by atoms with Gasteiger partial charge in [0.1, 0.15) is 5.75 Å². The molecule has 0 saturated heterocycles. The van der Waals surface area contributed by atoms with Crippen molar-refractivity contribution in [1.82, 2.24) is 15.1 Å². The third-order valence-corrected chi connectivity index (χ3v) is 4.55. The fourth-order valence-electron chi connectivity index (χ4n) is 2.43. The minimum atomic E-state index is -0.185. The number of hydrogen-bond acceptors (Lipinski definition) is 7. The van der Waals surface area contributed by atoms with Crippen LogP contribution in [0.25, 0.3) is 10.8 Å². The summed E-state index contributed by atoms with van der Waals surface area (Å²) < 4.78 is 11.2. The van der Waals surface area contributed by atoms with E-state index in [-0.39, 0.29) is 19.1 Å². The molecule has 1 amide bonds. The Kier molecular flexibility index (Phi) is 6.18. The molecular formula is C19H18N4O3S. The number of nitriles is 1. The van der Waals surface area contributed by atoms with Gasteiger partial charge in [-0.15, -0.1) is 21.5 Å². The Balaban J connectivity index is 1.62. The Morgan fingerprint density at radius 2 is 2.22 bits per heavy atom. The molecule has 7 nitrogen and oxygen atoms in total. The average Bonchev–Trinajstić information content (AvgIpc) is 3.37. The van der Waals surface area contributed by atoms with Crippen LogP contribution in [0.3, 0.4) is 0 Å². The molecule has 0 aliphatic rings. The molecule has 8 heteroatoms. The molecule has 0 aliphatic heterocycles. The van der Waals surface area contributed by atoms with E-state index in [1.54, 1.807) is 29.2 Å². The normalized spacial score (nSPS) is 10.4. The SMILES string of the molecule is CCCN(Cc1nnc(-c2cccs2)o1)C(=O)COc1cccc(C#N)c1. The van der Waals surface area contributed by atoms with Crippen molar-refractivity contribution in [3.63, 3.8) is 0 Å². The van der Waals surface area contributed by atoms with E-state index < -0.39 is 0 Å². The predicted molar refractivity (Wildman–Crippen MR) is 100.0 cm³/mol. The Hall–Kier alpha value is -3.18. The third-order valence-electron chi connectivity index (χ3n) is 3.70. The Morgan fingerprint density at radius 1 is 1.33 bits per heavy atom. The number of amides is 1. The number of aromatic nitrogens is 2. The summed E-state index contributed by atoms with van der Waals surface area (Å²) in [6.07, 6.45) is 0.793. The standard InChI is InChI=1S/C19H18N4O3S/c1-2-8-23(12-17-21-22-19(26-17)16-7-4-9-27-16)18(24)13-25-15-6-3-5-14(10-15)11-20/h3-7,9-10H,2,8,12-13H2,1H3. The lowest BCUT2D eigenvalue weighted by molar-refractivity contribution is -0.134. The van der Waals surface area contributed by atoms with E-state index in [0.717, 1.165) is 11.3 Å². The zero-order valence-electron chi connectivity index (χ0n) is 14.8.